The highest BCUT2D eigenvalue weighted by atomic mass is 32.1. The Morgan fingerprint density at radius 3 is 2.67 bits per heavy atom. The van der Waals surface area contributed by atoms with Crippen LogP contribution in [0.3, 0.4) is 0 Å². The third-order valence-corrected chi connectivity index (χ3v) is 4.80. The second-order valence-electron chi connectivity index (χ2n) is 6.36. The van der Waals surface area contributed by atoms with E-state index >= 15 is 0 Å². The molecule has 0 saturated carbocycles. The zero-order chi connectivity index (χ0) is 16.9. The fourth-order valence-electron chi connectivity index (χ4n) is 3.13. The second kappa shape index (κ2) is 7.62. The molecule has 0 radical (unpaired) electrons. The third kappa shape index (κ3) is 3.85. The number of piperidine rings is 1. The van der Waals surface area contributed by atoms with Gasteiger partial charge in [-0.3, -0.25) is 4.98 Å². The summed E-state index contributed by atoms with van der Waals surface area (Å²) in [5.41, 5.74) is 3.45. The van der Waals surface area contributed by atoms with E-state index in [1.807, 2.05) is 32.6 Å². The number of nitrogens with one attached hydrogen (secondary N) is 1. The first-order valence-electron chi connectivity index (χ1n) is 8.40. The lowest BCUT2D eigenvalue weighted by molar-refractivity contribution is 0.248. The number of anilines is 2. The maximum atomic E-state index is 5.70. The Kier molecular flexibility index (Phi) is 5.30. The smallest absolute Gasteiger partial charge is 0.173 e. The van der Waals surface area contributed by atoms with Crippen molar-refractivity contribution in [2.24, 2.45) is 0 Å². The first kappa shape index (κ1) is 16.7. The van der Waals surface area contributed by atoms with E-state index in [-0.39, 0.29) is 0 Å². The van der Waals surface area contributed by atoms with Crippen LogP contribution in [0.15, 0.2) is 48.8 Å². The Hall–Kier alpha value is -2.14. The van der Waals surface area contributed by atoms with Crippen LogP contribution in [-0.4, -0.2) is 35.6 Å². The van der Waals surface area contributed by atoms with Gasteiger partial charge in [-0.15, -0.1) is 0 Å². The van der Waals surface area contributed by atoms with E-state index in [2.05, 4.69) is 50.4 Å². The Morgan fingerprint density at radius 1 is 1.21 bits per heavy atom. The lowest BCUT2D eigenvalue weighted by Gasteiger charge is -2.37. The van der Waals surface area contributed by atoms with E-state index < -0.39 is 0 Å². The molecule has 1 aromatic carbocycles. The van der Waals surface area contributed by atoms with Gasteiger partial charge in [0.1, 0.15) is 0 Å². The summed E-state index contributed by atoms with van der Waals surface area (Å²) in [5, 5.41) is 4.19. The van der Waals surface area contributed by atoms with Crippen LogP contribution in [0.1, 0.15) is 30.9 Å². The molecule has 2 aromatic rings. The molecule has 0 amide bonds. The Labute approximate surface area is 149 Å². The summed E-state index contributed by atoms with van der Waals surface area (Å²) < 4.78 is 0. The van der Waals surface area contributed by atoms with Crippen molar-refractivity contribution in [2.45, 2.75) is 25.3 Å². The van der Waals surface area contributed by atoms with Crippen molar-refractivity contribution in [1.29, 1.82) is 0 Å². The Bertz CT molecular complexity index is 670. The highest BCUT2D eigenvalue weighted by Gasteiger charge is 2.26. The summed E-state index contributed by atoms with van der Waals surface area (Å²) in [6, 6.07) is 12.8. The van der Waals surface area contributed by atoms with Crippen molar-refractivity contribution in [3.05, 3.63) is 54.4 Å². The van der Waals surface area contributed by atoms with Crippen LogP contribution in [-0.2, 0) is 0 Å². The van der Waals surface area contributed by atoms with Gasteiger partial charge in [0, 0.05) is 44.4 Å². The quantitative estimate of drug-likeness (QED) is 0.851. The number of hydrogen-bond donors (Lipinski definition) is 1. The highest BCUT2D eigenvalue weighted by Crippen LogP contribution is 2.31. The maximum absolute atomic E-state index is 5.70. The molecule has 0 unspecified atom stereocenters. The molecular weight excluding hydrogens is 316 g/mol. The van der Waals surface area contributed by atoms with Crippen LogP contribution < -0.4 is 10.2 Å². The molecule has 5 heteroatoms. The lowest BCUT2D eigenvalue weighted by Crippen LogP contribution is -2.41. The first-order chi connectivity index (χ1) is 11.6. The number of aromatic nitrogens is 1. The minimum Gasteiger partial charge on any atom is -0.378 e. The molecule has 0 aliphatic carbocycles. The number of hydrogen-bond acceptors (Lipinski definition) is 3. The van der Waals surface area contributed by atoms with Crippen LogP contribution in [0.4, 0.5) is 11.4 Å². The SMILES string of the molecule is CN(C)c1ccc(NC(=S)N2CCCC[C@@H]2c2cccnc2)cc1. The molecule has 1 aliphatic heterocycles. The van der Waals surface area contributed by atoms with E-state index in [9.17, 15) is 0 Å². The first-order valence-corrected chi connectivity index (χ1v) is 8.81. The molecule has 1 fully saturated rings. The standard InChI is InChI=1S/C19H24N4S/c1-22(2)17-10-8-16(9-11-17)21-19(24)23-13-4-3-7-18(23)15-6-5-12-20-14-15/h5-6,8-12,14,18H,3-4,7,13H2,1-2H3,(H,21,24)/t18-/m1/s1. The molecule has 0 spiro atoms. The van der Waals surface area contributed by atoms with Crippen molar-refractivity contribution < 1.29 is 0 Å². The molecule has 0 bridgehead atoms. The van der Waals surface area contributed by atoms with Crippen molar-refractivity contribution in [1.82, 2.24) is 9.88 Å². The molecular formula is C19H24N4S. The van der Waals surface area contributed by atoms with Gasteiger partial charge in [0.2, 0.25) is 0 Å². The number of thiocarbonyl (C=S) groups is 1. The van der Waals surface area contributed by atoms with Crippen LogP contribution in [0.2, 0.25) is 0 Å². The largest absolute Gasteiger partial charge is 0.378 e. The lowest BCUT2D eigenvalue weighted by atomic mass is 9.97. The van der Waals surface area contributed by atoms with Gasteiger partial charge in [-0.2, -0.15) is 0 Å². The summed E-state index contributed by atoms with van der Waals surface area (Å²) in [5.74, 6) is 0. The molecule has 126 valence electrons. The van der Waals surface area contributed by atoms with Crippen molar-refractivity contribution in [2.75, 3.05) is 30.9 Å². The van der Waals surface area contributed by atoms with E-state index in [0.29, 0.717) is 6.04 Å². The van der Waals surface area contributed by atoms with Crippen LogP contribution in [0, 0.1) is 0 Å². The normalized spacial score (nSPS) is 17.4. The fraction of sp³-hybridized carbons (Fsp3) is 0.368. The average Bonchev–Trinajstić information content (AvgIpc) is 2.63. The summed E-state index contributed by atoms with van der Waals surface area (Å²) in [6.45, 7) is 0.987. The molecule has 3 rings (SSSR count). The molecule has 4 nitrogen and oxygen atoms in total. The number of rotatable bonds is 3. The molecule has 1 N–H and O–H groups in total. The van der Waals surface area contributed by atoms with Gasteiger partial charge in [-0.25, -0.2) is 0 Å². The van der Waals surface area contributed by atoms with E-state index in [1.165, 1.54) is 24.1 Å². The predicted octanol–water partition coefficient (Wildman–Crippen LogP) is 4.07. The van der Waals surface area contributed by atoms with Gasteiger partial charge in [0.15, 0.2) is 5.11 Å². The minimum atomic E-state index is 0.313. The Morgan fingerprint density at radius 2 is 2.00 bits per heavy atom. The minimum absolute atomic E-state index is 0.313. The molecule has 24 heavy (non-hydrogen) atoms. The monoisotopic (exact) mass is 340 g/mol. The van der Waals surface area contributed by atoms with Gasteiger partial charge in [0.25, 0.3) is 0 Å². The number of likely N-dealkylation sites (tertiary alicyclic amines) is 1. The maximum Gasteiger partial charge on any atom is 0.173 e. The fourth-order valence-corrected chi connectivity index (χ4v) is 3.47. The summed E-state index contributed by atoms with van der Waals surface area (Å²) in [4.78, 5) is 8.66. The number of pyridine rings is 1. The van der Waals surface area contributed by atoms with Gasteiger partial charge in [0.05, 0.1) is 6.04 Å². The van der Waals surface area contributed by atoms with Crippen molar-refractivity contribution in [3.63, 3.8) is 0 Å². The molecule has 1 saturated heterocycles. The third-order valence-electron chi connectivity index (χ3n) is 4.47. The van der Waals surface area contributed by atoms with Gasteiger partial charge < -0.3 is 15.1 Å². The number of nitrogens with zero attached hydrogens (tertiary/aromatic N) is 3. The average molecular weight is 340 g/mol. The van der Waals surface area contributed by atoms with Crippen LogP contribution in [0.5, 0.6) is 0 Å². The van der Waals surface area contributed by atoms with Gasteiger partial charge >= 0.3 is 0 Å². The second-order valence-corrected chi connectivity index (χ2v) is 6.75. The molecule has 2 heterocycles. The van der Waals surface area contributed by atoms with E-state index in [4.69, 9.17) is 12.2 Å². The topological polar surface area (TPSA) is 31.4 Å². The van der Waals surface area contributed by atoms with Gasteiger partial charge in [-0.05, 0) is 67.4 Å². The molecule has 1 aromatic heterocycles. The van der Waals surface area contributed by atoms with E-state index in [1.54, 1.807) is 0 Å². The zero-order valence-corrected chi connectivity index (χ0v) is 15.1. The summed E-state index contributed by atoms with van der Waals surface area (Å²) in [6.07, 6.45) is 7.30. The van der Waals surface area contributed by atoms with E-state index in [0.717, 1.165) is 23.8 Å². The predicted molar refractivity (Wildman–Crippen MR) is 105 cm³/mol. The molecule has 1 aliphatic rings. The highest BCUT2D eigenvalue weighted by molar-refractivity contribution is 7.80. The summed E-state index contributed by atoms with van der Waals surface area (Å²) >= 11 is 5.70. The number of benzene rings is 1. The van der Waals surface area contributed by atoms with Gasteiger partial charge in [-0.1, -0.05) is 6.07 Å². The Balaban J connectivity index is 1.72. The van der Waals surface area contributed by atoms with Crippen molar-refractivity contribution in [3.8, 4) is 0 Å². The van der Waals surface area contributed by atoms with Crippen molar-refractivity contribution >= 4 is 28.7 Å². The zero-order valence-electron chi connectivity index (χ0n) is 14.3. The molecule has 1 atom stereocenters. The summed E-state index contributed by atoms with van der Waals surface area (Å²) in [7, 11) is 4.08. The van der Waals surface area contributed by atoms with Crippen LogP contribution >= 0.6 is 12.2 Å². The van der Waals surface area contributed by atoms with Crippen LogP contribution in [0.25, 0.3) is 0 Å².